The highest BCUT2D eigenvalue weighted by atomic mass is 16.5. The van der Waals surface area contributed by atoms with E-state index in [2.05, 4.69) is 27.8 Å². The van der Waals surface area contributed by atoms with Gasteiger partial charge in [0.2, 0.25) is 5.91 Å². The molecular weight excluding hydrogens is 304 g/mol. The van der Waals surface area contributed by atoms with Crippen molar-refractivity contribution in [1.82, 2.24) is 19.7 Å². The van der Waals surface area contributed by atoms with Crippen molar-refractivity contribution in [2.24, 2.45) is 0 Å². The van der Waals surface area contributed by atoms with Crippen molar-refractivity contribution in [2.45, 2.75) is 26.4 Å². The highest BCUT2D eigenvalue weighted by Gasteiger charge is 2.29. The van der Waals surface area contributed by atoms with E-state index in [1.54, 1.807) is 0 Å². The van der Waals surface area contributed by atoms with Crippen LogP contribution in [-0.2, 0) is 16.1 Å². The van der Waals surface area contributed by atoms with Gasteiger partial charge in [-0.25, -0.2) is 0 Å². The van der Waals surface area contributed by atoms with Crippen LogP contribution in [0, 0.1) is 6.92 Å². The molecule has 0 N–H and O–H groups in total. The normalized spacial score (nSPS) is 21.7. The molecule has 2 aliphatic rings. The molecule has 1 atom stereocenters. The molecule has 0 unspecified atom stereocenters. The van der Waals surface area contributed by atoms with Gasteiger partial charge in [-0.1, -0.05) is 6.07 Å². The van der Waals surface area contributed by atoms with Crippen LogP contribution >= 0.6 is 0 Å². The summed E-state index contributed by atoms with van der Waals surface area (Å²) in [5.41, 5.74) is 2.40. The molecule has 6 nitrogen and oxygen atoms in total. The fourth-order valence-electron chi connectivity index (χ4n) is 3.44. The standard InChI is InChI=1S/C18H28N4O2/c1-15-17(4-3-5-19-15)14-20-6-8-21(9-7-20)16(2)18(23)22-10-12-24-13-11-22/h3-5,16H,6-14H2,1-2H3/t16-/m1/s1. The molecule has 0 radical (unpaired) electrons. The number of hydrogen-bond acceptors (Lipinski definition) is 5. The Labute approximate surface area is 144 Å². The Kier molecular flexibility index (Phi) is 5.81. The van der Waals surface area contributed by atoms with E-state index in [1.165, 1.54) is 5.56 Å². The van der Waals surface area contributed by atoms with Gasteiger partial charge < -0.3 is 9.64 Å². The van der Waals surface area contributed by atoms with Gasteiger partial charge in [0.05, 0.1) is 19.3 Å². The largest absolute Gasteiger partial charge is 0.378 e. The van der Waals surface area contributed by atoms with Gasteiger partial charge in [0.15, 0.2) is 0 Å². The number of ether oxygens (including phenoxy) is 1. The van der Waals surface area contributed by atoms with E-state index >= 15 is 0 Å². The number of nitrogens with zero attached hydrogens (tertiary/aromatic N) is 4. The second-order valence-electron chi connectivity index (χ2n) is 6.67. The minimum absolute atomic E-state index is 0.0367. The van der Waals surface area contributed by atoms with Gasteiger partial charge in [-0.3, -0.25) is 19.6 Å². The summed E-state index contributed by atoms with van der Waals surface area (Å²) in [7, 11) is 0. The van der Waals surface area contributed by atoms with Crippen LogP contribution in [0.2, 0.25) is 0 Å². The lowest BCUT2D eigenvalue weighted by atomic mass is 10.1. The number of pyridine rings is 1. The third-order valence-electron chi connectivity index (χ3n) is 5.15. The lowest BCUT2D eigenvalue weighted by molar-refractivity contribution is -0.141. The van der Waals surface area contributed by atoms with Gasteiger partial charge in [0.1, 0.15) is 0 Å². The molecule has 0 saturated carbocycles. The summed E-state index contributed by atoms with van der Waals surface area (Å²) in [4.78, 5) is 23.7. The predicted molar refractivity (Wildman–Crippen MR) is 92.7 cm³/mol. The second-order valence-corrected chi connectivity index (χ2v) is 6.67. The monoisotopic (exact) mass is 332 g/mol. The number of morpholine rings is 1. The van der Waals surface area contributed by atoms with E-state index in [-0.39, 0.29) is 11.9 Å². The predicted octanol–water partition coefficient (Wildman–Crippen LogP) is 0.755. The molecule has 3 rings (SSSR count). The molecule has 1 amide bonds. The van der Waals surface area contributed by atoms with E-state index in [0.717, 1.165) is 51.5 Å². The number of aromatic nitrogens is 1. The van der Waals surface area contributed by atoms with E-state index in [9.17, 15) is 4.79 Å². The van der Waals surface area contributed by atoms with Crippen LogP contribution in [0.3, 0.4) is 0 Å². The first-order chi connectivity index (χ1) is 11.6. The smallest absolute Gasteiger partial charge is 0.239 e. The molecule has 2 saturated heterocycles. The minimum atomic E-state index is -0.0367. The highest BCUT2D eigenvalue weighted by molar-refractivity contribution is 5.81. The lowest BCUT2D eigenvalue weighted by Crippen LogP contribution is -2.55. The number of rotatable bonds is 4. The number of aryl methyl sites for hydroxylation is 1. The first kappa shape index (κ1) is 17.3. The maximum atomic E-state index is 12.6. The fourth-order valence-corrected chi connectivity index (χ4v) is 3.44. The molecule has 0 aromatic carbocycles. The number of amides is 1. The van der Waals surface area contributed by atoms with Crippen molar-refractivity contribution < 1.29 is 9.53 Å². The van der Waals surface area contributed by atoms with E-state index in [4.69, 9.17) is 4.74 Å². The first-order valence-electron chi connectivity index (χ1n) is 8.88. The van der Waals surface area contributed by atoms with Crippen molar-refractivity contribution in [3.8, 4) is 0 Å². The molecule has 3 heterocycles. The molecule has 1 aromatic heterocycles. The summed E-state index contributed by atoms with van der Waals surface area (Å²) in [6, 6.07) is 4.12. The van der Waals surface area contributed by atoms with Gasteiger partial charge in [-0.2, -0.15) is 0 Å². The zero-order valence-electron chi connectivity index (χ0n) is 14.8. The van der Waals surface area contributed by atoms with Crippen LogP contribution < -0.4 is 0 Å². The van der Waals surface area contributed by atoms with Crippen LogP contribution in [0.5, 0.6) is 0 Å². The zero-order valence-corrected chi connectivity index (χ0v) is 14.8. The van der Waals surface area contributed by atoms with Crippen LogP contribution in [-0.4, -0.2) is 84.1 Å². The third kappa shape index (κ3) is 4.12. The highest BCUT2D eigenvalue weighted by Crippen LogP contribution is 2.14. The Balaban J connectivity index is 1.49. The molecule has 2 aliphatic heterocycles. The molecule has 24 heavy (non-hydrogen) atoms. The van der Waals surface area contributed by atoms with Crippen LogP contribution in [0.15, 0.2) is 18.3 Å². The Morgan fingerprint density at radius 2 is 1.92 bits per heavy atom. The minimum Gasteiger partial charge on any atom is -0.378 e. The molecule has 0 bridgehead atoms. The van der Waals surface area contributed by atoms with Crippen molar-refractivity contribution in [1.29, 1.82) is 0 Å². The van der Waals surface area contributed by atoms with E-state index in [0.29, 0.717) is 13.2 Å². The summed E-state index contributed by atoms with van der Waals surface area (Å²) >= 11 is 0. The van der Waals surface area contributed by atoms with Gasteiger partial charge in [0, 0.05) is 57.7 Å². The van der Waals surface area contributed by atoms with Crippen LogP contribution in [0.4, 0.5) is 0 Å². The average Bonchev–Trinajstić information content (AvgIpc) is 2.64. The number of hydrogen-bond donors (Lipinski definition) is 0. The first-order valence-corrected chi connectivity index (χ1v) is 8.88. The van der Waals surface area contributed by atoms with Crippen molar-refractivity contribution >= 4 is 5.91 Å². The maximum absolute atomic E-state index is 12.6. The van der Waals surface area contributed by atoms with Crippen LogP contribution in [0.1, 0.15) is 18.2 Å². The van der Waals surface area contributed by atoms with Gasteiger partial charge in [0.25, 0.3) is 0 Å². The zero-order chi connectivity index (χ0) is 16.9. The fraction of sp³-hybridized carbons (Fsp3) is 0.667. The quantitative estimate of drug-likeness (QED) is 0.815. The topological polar surface area (TPSA) is 48.9 Å². The summed E-state index contributed by atoms with van der Waals surface area (Å²) in [5.74, 6) is 0.245. The van der Waals surface area contributed by atoms with Gasteiger partial charge in [-0.05, 0) is 25.5 Å². The maximum Gasteiger partial charge on any atom is 0.239 e. The van der Waals surface area contributed by atoms with E-state index in [1.807, 2.05) is 24.1 Å². The molecule has 132 valence electrons. The summed E-state index contributed by atoms with van der Waals surface area (Å²) in [5, 5.41) is 0. The molecule has 6 heteroatoms. The summed E-state index contributed by atoms with van der Waals surface area (Å²) < 4.78 is 5.34. The van der Waals surface area contributed by atoms with Crippen molar-refractivity contribution in [2.75, 3.05) is 52.5 Å². The Morgan fingerprint density at radius 3 is 2.58 bits per heavy atom. The summed E-state index contributed by atoms with van der Waals surface area (Å²) in [6.45, 7) is 11.7. The van der Waals surface area contributed by atoms with Crippen LogP contribution in [0.25, 0.3) is 0 Å². The molecule has 1 aromatic rings. The third-order valence-corrected chi connectivity index (χ3v) is 5.15. The van der Waals surface area contributed by atoms with Gasteiger partial charge in [-0.15, -0.1) is 0 Å². The Morgan fingerprint density at radius 1 is 1.21 bits per heavy atom. The second kappa shape index (κ2) is 8.05. The SMILES string of the molecule is Cc1ncccc1CN1CCN([C@H](C)C(=O)N2CCOCC2)CC1. The van der Waals surface area contributed by atoms with Crippen molar-refractivity contribution in [3.05, 3.63) is 29.6 Å². The Bertz CT molecular complexity index is 552. The molecular formula is C18H28N4O2. The molecule has 0 aliphatic carbocycles. The van der Waals surface area contributed by atoms with Crippen molar-refractivity contribution in [3.63, 3.8) is 0 Å². The van der Waals surface area contributed by atoms with E-state index < -0.39 is 0 Å². The average molecular weight is 332 g/mol. The van der Waals surface area contributed by atoms with Gasteiger partial charge >= 0.3 is 0 Å². The number of piperazine rings is 1. The summed E-state index contributed by atoms with van der Waals surface area (Å²) in [6.07, 6.45) is 1.84. The molecule has 0 spiro atoms. The molecule has 2 fully saturated rings. The number of carbonyl (C=O) groups is 1. The number of carbonyl (C=O) groups excluding carboxylic acids is 1. The lowest BCUT2D eigenvalue weighted by Gasteiger charge is -2.39. The Hall–Kier alpha value is -1.50.